The smallest absolute Gasteiger partial charge is 0.414 e. The van der Waals surface area contributed by atoms with Gasteiger partial charge in [0.15, 0.2) is 0 Å². The first-order valence-corrected chi connectivity index (χ1v) is 12.1. The fourth-order valence-electron chi connectivity index (χ4n) is 4.61. The first kappa shape index (κ1) is 23.2. The Bertz CT molecular complexity index is 914. The number of hydrogen-bond acceptors (Lipinski definition) is 4. The van der Waals surface area contributed by atoms with Gasteiger partial charge >= 0.3 is 6.09 Å². The molecule has 0 bridgehead atoms. The predicted molar refractivity (Wildman–Crippen MR) is 129 cm³/mol. The fourth-order valence-corrected chi connectivity index (χ4v) is 4.93. The molecule has 2 fully saturated rings. The molecule has 1 atom stereocenters. The molecule has 1 amide bonds. The Morgan fingerprint density at radius 1 is 1.06 bits per heavy atom. The normalized spacial score (nSPS) is 20.3. The van der Waals surface area contributed by atoms with Crippen LogP contribution in [-0.4, -0.2) is 50.4 Å². The van der Waals surface area contributed by atoms with Gasteiger partial charge in [-0.1, -0.05) is 23.2 Å². The highest BCUT2D eigenvalue weighted by molar-refractivity contribution is 6.31. The van der Waals surface area contributed by atoms with E-state index in [9.17, 15) is 4.79 Å². The number of piperidine rings is 1. The second-order valence-electron chi connectivity index (χ2n) is 8.66. The molecule has 4 rings (SSSR count). The van der Waals surface area contributed by atoms with Gasteiger partial charge in [0.1, 0.15) is 5.75 Å². The van der Waals surface area contributed by atoms with Crippen LogP contribution < -0.4 is 9.64 Å². The average molecular weight is 477 g/mol. The maximum absolute atomic E-state index is 12.3. The van der Waals surface area contributed by atoms with Gasteiger partial charge in [-0.2, -0.15) is 0 Å². The maximum atomic E-state index is 12.3. The van der Waals surface area contributed by atoms with Gasteiger partial charge in [-0.25, -0.2) is 4.79 Å². The Hall–Kier alpha value is -1.95. The lowest BCUT2D eigenvalue weighted by atomic mass is 9.89. The molecular formula is C25H30Cl2N2O3. The quantitative estimate of drug-likeness (QED) is 0.497. The van der Waals surface area contributed by atoms with E-state index < -0.39 is 0 Å². The highest BCUT2D eigenvalue weighted by atomic mass is 35.5. The van der Waals surface area contributed by atoms with Crippen molar-refractivity contribution in [2.24, 2.45) is 11.8 Å². The predicted octanol–water partition coefficient (Wildman–Crippen LogP) is 5.92. The molecule has 0 spiro atoms. The van der Waals surface area contributed by atoms with Crippen molar-refractivity contribution >= 4 is 35.0 Å². The van der Waals surface area contributed by atoms with E-state index >= 15 is 0 Å². The zero-order valence-corrected chi connectivity index (χ0v) is 19.9. The van der Waals surface area contributed by atoms with E-state index in [2.05, 4.69) is 11.0 Å². The second kappa shape index (κ2) is 10.8. The van der Waals surface area contributed by atoms with Crippen LogP contribution in [0.25, 0.3) is 0 Å². The van der Waals surface area contributed by atoms with Gasteiger partial charge in [-0.3, -0.25) is 4.90 Å². The van der Waals surface area contributed by atoms with Crippen LogP contribution in [0.15, 0.2) is 42.5 Å². The standard InChI is InChI=1S/C25H30Cl2N2O3/c1-2-31-23-7-8-24(27)20(14-23)13-18-9-11-28(12-10-18)15-19-16-29(25(30)32-17-19)22-5-3-21(26)4-6-22/h3-8,14,18-19H,2,9-13,15-17H2,1H3. The van der Waals surface area contributed by atoms with Gasteiger partial charge in [0.2, 0.25) is 0 Å². The van der Waals surface area contributed by atoms with Gasteiger partial charge in [-0.05, 0) is 93.2 Å². The molecule has 1 unspecified atom stereocenters. The third-order valence-corrected chi connectivity index (χ3v) is 6.92. The van der Waals surface area contributed by atoms with Crippen molar-refractivity contribution in [1.82, 2.24) is 4.90 Å². The SMILES string of the molecule is CCOc1ccc(Cl)c(CC2CCN(CC3COC(=O)N(c4ccc(Cl)cc4)C3)CC2)c1. The molecule has 32 heavy (non-hydrogen) atoms. The average Bonchev–Trinajstić information content (AvgIpc) is 2.79. The molecule has 0 N–H and O–H groups in total. The van der Waals surface area contributed by atoms with Gasteiger partial charge < -0.3 is 14.4 Å². The van der Waals surface area contributed by atoms with Crippen LogP contribution in [0.1, 0.15) is 25.3 Å². The van der Waals surface area contributed by atoms with Gasteiger partial charge in [0, 0.05) is 34.7 Å². The number of ether oxygens (including phenoxy) is 2. The van der Waals surface area contributed by atoms with Crippen molar-refractivity contribution in [2.75, 3.05) is 44.3 Å². The van der Waals surface area contributed by atoms with Crippen molar-refractivity contribution in [2.45, 2.75) is 26.2 Å². The molecule has 0 radical (unpaired) electrons. The van der Waals surface area contributed by atoms with Crippen molar-refractivity contribution in [3.8, 4) is 5.75 Å². The number of benzene rings is 2. The summed E-state index contributed by atoms with van der Waals surface area (Å²) in [6.45, 7) is 6.84. The van der Waals surface area contributed by atoms with Crippen LogP contribution in [-0.2, 0) is 11.2 Å². The second-order valence-corrected chi connectivity index (χ2v) is 9.51. The summed E-state index contributed by atoms with van der Waals surface area (Å²) in [6.07, 6.45) is 2.98. The minimum atomic E-state index is -0.284. The van der Waals surface area contributed by atoms with Gasteiger partial charge in [0.05, 0.1) is 13.2 Å². The molecule has 172 valence electrons. The van der Waals surface area contributed by atoms with Crippen molar-refractivity contribution < 1.29 is 14.3 Å². The lowest BCUT2D eigenvalue weighted by Gasteiger charge is -2.38. The summed E-state index contributed by atoms with van der Waals surface area (Å²) < 4.78 is 11.1. The third kappa shape index (κ3) is 5.89. The number of carbonyl (C=O) groups excluding carboxylic acids is 1. The number of rotatable bonds is 7. The van der Waals surface area contributed by atoms with Crippen LogP contribution in [0, 0.1) is 11.8 Å². The molecule has 0 aliphatic carbocycles. The van der Waals surface area contributed by atoms with Crippen LogP contribution in [0.5, 0.6) is 5.75 Å². The highest BCUT2D eigenvalue weighted by Gasteiger charge is 2.30. The summed E-state index contributed by atoms with van der Waals surface area (Å²) in [5.41, 5.74) is 2.00. The van der Waals surface area contributed by atoms with E-state index in [0.717, 1.165) is 55.4 Å². The van der Waals surface area contributed by atoms with E-state index in [0.29, 0.717) is 30.7 Å². The Kier molecular flexibility index (Phi) is 7.82. The molecule has 2 aliphatic rings. The molecule has 2 saturated heterocycles. The molecule has 7 heteroatoms. The monoisotopic (exact) mass is 476 g/mol. The highest BCUT2D eigenvalue weighted by Crippen LogP contribution is 2.29. The fraction of sp³-hybridized carbons (Fsp3) is 0.480. The van der Waals surface area contributed by atoms with Gasteiger partial charge in [-0.15, -0.1) is 0 Å². The summed E-state index contributed by atoms with van der Waals surface area (Å²) >= 11 is 12.4. The zero-order valence-electron chi connectivity index (χ0n) is 18.4. The van der Waals surface area contributed by atoms with Crippen LogP contribution in [0.2, 0.25) is 10.0 Å². The Morgan fingerprint density at radius 2 is 1.81 bits per heavy atom. The molecule has 2 aliphatic heterocycles. The molecule has 2 heterocycles. The van der Waals surface area contributed by atoms with Gasteiger partial charge in [0.25, 0.3) is 0 Å². The first-order chi connectivity index (χ1) is 15.5. The number of amides is 1. The topological polar surface area (TPSA) is 42.0 Å². The molecule has 0 aromatic heterocycles. The summed E-state index contributed by atoms with van der Waals surface area (Å²) in [4.78, 5) is 16.5. The van der Waals surface area contributed by atoms with Crippen LogP contribution in [0.4, 0.5) is 10.5 Å². The number of cyclic esters (lactones) is 1. The lowest BCUT2D eigenvalue weighted by Crippen LogP contribution is -2.48. The Morgan fingerprint density at radius 3 is 2.53 bits per heavy atom. The van der Waals surface area contributed by atoms with E-state index in [1.165, 1.54) is 5.56 Å². The van der Waals surface area contributed by atoms with E-state index in [1.54, 1.807) is 17.0 Å². The van der Waals surface area contributed by atoms with Crippen molar-refractivity contribution in [3.63, 3.8) is 0 Å². The van der Waals surface area contributed by atoms with Crippen molar-refractivity contribution in [1.29, 1.82) is 0 Å². The number of anilines is 1. The summed E-state index contributed by atoms with van der Waals surface area (Å²) in [7, 11) is 0. The third-order valence-electron chi connectivity index (χ3n) is 6.30. The minimum Gasteiger partial charge on any atom is -0.494 e. The maximum Gasteiger partial charge on any atom is 0.414 e. The van der Waals surface area contributed by atoms with Crippen LogP contribution in [0.3, 0.4) is 0 Å². The Balaban J connectivity index is 1.28. The summed E-state index contributed by atoms with van der Waals surface area (Å²) in [5, 5.41) is 1.48. The zero-order chi connectivity index (χ0) is 22.5. The number of halogens is 2. The largest absolute Gasteiger partial charge is 0.494 e. The number of nitrogens with zero attached hydrogens (tertiary/aromatic N) is 2. The van der Waals surface area contributed by atoms with E-state index in [-0.39, 0.29) is 12.0 Å². The molecule has 2 aromatic rings. The lowest BCUT2D eigenvalue weighted by molar-refractivity contribution is 0.0870. The number of hydrogen-bond donors (Lipinski definition) is 0. The molecular weight excluding hydrogens is 447 g/mol. The number of carbonyl (C=O) groups is 1. The van der Waals surface area contributed by atoms with Crippen LogP contribution >= 0.6 is 23.2 Å². The summed E-state index contributed by atoms with van der Waals surface area (Å²) in [6, 6.07) is 13.3. The minimum absolute atomic E-state index is 0.284. The Labute approximate surface area is 200 Å². The summed E-state index contributed by atoms with van der Waals surface area (Å²) in [5.74, 6) is 1.80. The molecule has 2 aromatic carbocycles. The number of likely N-dealkylation sites (tertiary alicyclic amines) is 1. The van der Waals surface area contributed by atoms with Crippen molar-refractivity contribution in [3.05, 3.63) is 58.1 Å². The van der Waals surface area contributed by atoms with E-state index in [4.69, 9.17) is 32.7 Å². The molecule has 5 nitrogen and oxygen atoms in total. The first-order valence-electron chi connectivity index (χ1n) is 11.3. The van der Waals surface area contributed by atoms with E-state index in [1.807, 2.05) is 31.2 Å². The molecule has 0 saturated carbocycles.